The molecule has 4 heteroatoms. The van der Waals surface area contributed by atoms with Gasteiger partial charge < -0.3 is 5.11 Å². The smallest absolute Gasteiger partial charge is 0.306 e. The van der Waals surface area contributed by atoms with Crippen molar-refractivity contribution in [1.29, 1.82) is 0 Å². The summed E-state index contributed by atoms with van der Waals surface area (Å²) in [6.07, 6.45) is 0.0266. The number of carboxylic acids is 1. The van der Waals surface area contributed by atoms with Crippen molar-refractivity contribution in [3.63, 3.8) is 0 Å². The summed E-state index contributed by atoms with van der Waals surface area (Å²) >= 11 is 5.16. The van der Waals surface area contributed by atoms with Gasteiger partial charge in [0.25, 0.3) is 0 Å². The quantitative estimate of drug-likeness (QED) is 0.629. The van der Waals surface area contributed by atoms with E-state index in [1.807, 2.05) is 0 Å². The number of hydrogen-bond acceptors (Lipinski definition) is 2. The van der Waals surface area contributed by atoms with Gasteiger partial charge in [-0.05, 0) is 0 Å². The van der Waals surface area contributed by atoms with Crippen molar-refractivity contribution in [3.05, 3.63) is 0 Å². The van der Waals surface area contributed by atoms with Gasteiger partial charge >= 0.3 is 5.97 Å². The van der Waals surface area contributed by atoms with Crippen LogP contribution in [0, 0.1) is 5.92 Å². The zero-order valence-electron chi connectivity index (χ0n) is 5.63. The van der Waals surface area contributed by atoms with Gasteiger partial charge in [-0.2, -0.15) is 0 Å². The maximum Gasteiger partial charge on any atom is 0.306 e. The second kappa shape index (κ2) is 4.28. The molecule has 0 aliphatic carbocycles. The van der Waals surface area contributed by atoms with Crippen molar-refractivity contribution in [3.8, 4) is 0 Å². The molecule has 0 aliphatic rings. The molecule has 1 unspecified atom stereocenters. The number of hydrogen-bond donors (Lipinski definition) is 1. The lowest BCUT2D eigenvalue weighted by Gasteiger charge is -2.01. The van der Waals surface area contributed by atoms with Crippen molar-refractivity contribution >= 4 is 23.4 Å². The predicted octanol–water partition coefficient (Wildman–Crippen LogP) is 0.905. The highest BCUT2D eigenvalue weighted by atomic mass is 35.5. The zero-order chi connectivity index (χ0) is 8.15. The number of alkyl halides is 1. The summed E-state index contributed by atoms with van der Waals surface area (Å²) < 4.78 is 0. The van der Waals surface area contributed by atoms with Crippen LogP contribution in [0.1, 0.15) is 13.3 Å². The van der Waals surface area contributed by atoms with Crippen LogP contribution >= 0.6 is 11.6 Å². The van der Waals surface area contributed by atoms with E-state index in [1.54, 1.807) is 0 Å². The predicted molar refractivity (Wildman–Crippen MR) is 37.1 cm³/mol. The fourth-order valence-electron chi connectivity index (χ4n) is 0.483. The Kier molecular flexibility index (Phi) is 4.03. The molecular formula is C6H9ClO3. The van der Waals surface area contributed by atoms with Crippen molar-refractivity contribution in [2.24, 2.45) is 5.92 Å². The van der Waals surface area contributed by atoms with Crippen molar-refractivity contribution in [2.75, 3.05) is 5.88 Å². The molecule has 1 N–H and O–H groups in total. The van der Waals surface area contributed by atoms with Crippen LogP contribution < -0.4 is 0 Å². The van der Waals surface area contributed by atoms with E-state index >= 15 is 0 Å². The largest absolute Gasteiger partial charge is 0.481 e. The van der Waals surface area contributed by atoms with E-state index in [4.69, 9.17) is 16.7 Å². The van der Waals surface area contributed by atoms with Crippen LogP contribution in [-0.4, -0.2) is 22.7 Å². The van der Waals surface area contributed by atoms with Crippen LogP contribution in [0.2, 0.25) is 0 Å². The molecule has 0 aliphatic heterocycles. The molecule has 3 nitrogen and oxygen atoms in total. The van der Waals surface area contributed by atoms with Gasteiger partial charge in [-0.1, -0.05) is 6.92 Å². The third kappa shape index (κ3) is 3.45. The molecule has 0 aromatic rings. The molecule has 10 heavy (non-hydrogen) atoms. The summed E-state index contributed by atoms with van der Waals surface area (Å²) in [5.41, 5.74) is 0. The van der Waals surface area contributed by atoms with Crippen LogP contribution in [0.15, 0.2) is 0 Å². The standard InChI is InChI=1S/C6H9ClO3/c1-4(6(9)10)2-5(8)3-7/h4H,2-3H2,1H3,(H,9,10). The Morgan fingerprint density at radius 1 is 1.60 bits per heavy atom. The maximum absolute atomic E-state index is 10.5. The Hall–Kier alpha value is -0.570. The molecule has 0 heterocycles. The second-order valence-corrected chi connectivity index (χ2v) is 2.38. The molecule has 0 spiro atoms. The second-order valence-electron chi connectivity index (χ2n) is 2.12. The topological polar surface area (TPSA) is 54.4 Å². The summed E-state index contributed by atoms with van der Waals surface area (Å²) in [6, 6.07) is 0. The minimum atomic E-state index is -0.960. The van der Waals surface area contributed by atoms with E-state index < -0.39 is 11.9 Å². The number of halogens is 1. The first-order valence-corrected chi connectivity index (χ1v) is 3.42. The van der Waals surface area contributed by atoms with Gasteiger partial charge in [0.1, 0.15) is 5.78 Å². The van der Waals surface area contributed by atoms with Crippen molar-refractivity contribution in [2.45, 2.75) is 13.3 Å². The lowest BCUT2D eigenvalue weighted by atomic mass is 10.1. The fourth-order valence-corrected chi connectivity index (χ4v) is 0.592. The van der Waals surface area contributed by atoms with Crippen LogP contribution in [0.4, 0.5) is 0 Å². The first-order valence-electron chi connectivity index (χ1n) is 2.88. The van der Waals surface area contributed by atoms with Crippen LogP contribution in [0.3, 0.4) is 0 Å². The average molecular weight is 165 g/mol. The first-order chi connectivity index (χ1) is 4.57. The number of aliphatic carboxylic acids is 1. The minimum absolute atomic E-state index is 0.0266. The maximum atomic E-state index is 10.5. The number of carbonyl (C=O) groups is 2. The molecule has 1 atom stereocenters. The Balaban J connectivity index is 3.68. The van der Waals surface area contributed by atoms with Crippen LogP contribution in [0.25, 0.3) is 0 Å². The number of rotatable bonds is 4. The van der Waals surface area contributed by atoms with Gasteiger partial charge in [-0.3, -0.25) is 9.59 Å². The van der Waals surface area contributed by atoms with E-state index in [2.05, 4.69) is 0 Å². The third-order valence-electron chi connectivity index (χ3n) is 1.10. The van der Waals surface area contributed by atoms with Gasteiger partial charge in [-0.25, -0.2) is 0 Å². The monoisotopic (exact) mass is 164 g/mol. The van der Waals surface area contributed by atoms with E-state index in [1.165, 1.54) is 6.92 Å². The molecule has 0 rings (SSSR count). The molecule has 0 fully saturated rings. The van der Waals surface area contributed by atoms with Gasteiger partial charge in [0.2, 0.25) is 0 Å². The van der Waals surface area contributed by atoms with E-state index in [0.717, 1.165) is 0 Å². The highest BCUT2D eigenvalue weighted by Crippen LogP contribution is 2.02. The van der Waals surface area contributed by atoms with E-state index in [0.29, 0.717) is 0 Å². The number of ketones is 1. The summed E-state index contributed by atoms with van der Waals surface area (Å²) in [7, 11) is 0. The molecule has 0 aromatic heterocycles. The average Bonchev–Trinajstić information content (AvgIpc) is 1.87. The molecule has 0 bridgehead atoms. The number of carboxylic acid groups (broad SMARTS) is 1. The number of Topliss-reactive ketones (excluding diaryl/α,β-unsaturated/α-hetero) is 1. The molecule has 0 saturated carbocycles. The van der Waals surface area contributed by atoms with Gasteiger partial charge in [-0.15, -0.1) is 11.6 Å². The van der Waals surface area contributed by atoms with Crippen molar-refractivity contribution in [1.82, 2.24) is 0 Å². The zero-order valence-corrected chi connectivity index (χ0v) is 6.39. The lowest BCUT2D eigenvalue weighted by Crippen LogP contribution is -2.15. The lowest BCUT2D eigenvalue weighted by molar-refractivity contribution is -0.142. The van der Waals surface area contributed by atoms with E-state index in [9.17, 15) is 9.59 Å². The summed E-state index contributed by atoms with van der Waals surface area (Å²) in [5.74, 6) is -1.90. The Morgan fingerprint density at radius 3 is 2.40 bits per heavy atom. The van der Waals surface area contributed by atoms with Crippen LogP contribution in [0.5, 0.6) is 0 Å². The van der Waals surface area contributed by atoms with Gasteiger partial charge in [0.15, 0.2) is 0 Å². The number of carbonyl (C=O) groups excluding carboxylic acids is 1. The molecule has 0 radical (unpaired) electrons. The molecule has 58 valence electrons. The normalized spacial score (nSPS) is 12.6. The summed E-state index contributed by atoms with van der Waals surface area (Å²) in [4.78, 5) is 20.7. The molecular weight excluding hydrogens is 156 g/mol. The highest BCUT2D eigenvalue weighted by molar-refractivity contribution is 6.27. The van der Waals surface area contributed by atoms with Gasteiger partial charge in [0.05, 0.1) is 11.8 Å². The van der Waals surface area contributed by atoms with Gasteiger partial charge in [0, 0.05) is 6.42 Å². The first kappa shape index (κ1) is 9.43. The SMILES string of the molecule is CC(CC(=O)CCl)C(=O)O. The van der Waals surface area contributed by atoms with Crippen molar-refractivity contribution < 1.29 is 14.7 Å². The summed E-state index contributed by atoms with van der Waals surface area (Å²) in [5, 5.41) is 8.33. The molecule has 0 amide bonds. The molecule has 0 saturated heterocycles. The Morgan fingerprint density at radius 2 is 2.10 bits per heavy atom. The third-order valence-corrected chi connectivity index (χ3v) is 1.40. The summed E-state index contributed by atoms with van der Waals surface area (Å²) in [6.45, 7) is 1.48. The Labute approximate surface area is 64.0 Å². The Bertz CT molecular complexity index is 144. The van der Waals surface area contributed by atoms with Crippen LogP contribution in [-0.2, 0) is 9.59 Å². The highest BCUT2D eigenvalue weighted by Gasteiger charge is 2.14. The fraction of sp³-hybridized carbons (Fsp3) is 0.667. The molecule has 0 aromatic carbocycles. The minimum Gasteiger partial charge on any atom is -0.481 e. The van der Waals surface area contributed by atoms with E-state index in [-0.39, 0.29) is 18.1 Å².